The molecule has 1 aliphatic carbocycles. The molecule has 1 aromatic rings. The summed E-state index contributed by atoms with van der Waals surface area (Å²) in [7, 11) is 1.36. The molecule has 5 heteroatoms. The molecule has 19 heavy (non-hydrogen) atoms. The zero-order valence-corrected chi connectivity index (χ0v) is 11.0. The standard InChI is InChI=1S/C14H17FN2O2/c1-19-14(18)11-7-9-3-2-4-12(9)16-13(11)17-6-5-10(15)8-17/h7,10H,2-6,8H2,1H3/t10-/m0/s1. The molecular formula is C14H17FN2O2. The summed E-state index contributed by atoms with van der Waals surface area (Å²) in [4.78, 5) is 18.3. The highest BCUT2D eigenvalue weighted by Crippen LogP contribution is 2.30. The van der Waals surface area contributed by atoms with Gasteiger partial charge in [-0.15, -0.1) is 0 Å². The second-order valence-electron chi connectivity index (χ2n) is 5.14. The summed E-state index contributed by atoms with van der Waals surface area (Å²) in [6, 6.07) is 1.88. The fraction of sp³-hybridized carbons (Fsp3) is 0.571. The molecule has 0 aromatic carbocycles. The molecule has 4 nitrogen and oxygen atoms in total. The Labute approximate surface area is 111 Å². The van der Waals surface area contributed by atoms with Crippen LogP contribution in [0.4, 0.5) is 10.2 Å². The lowest BCUT2D eigenvalue weighted by Gasteiger charge is -2.20. The SMILES string of the molecule is COC(=O)c1cc2c(nc1N1CC[C@H](F)C1)CCC2. The lowest BCUT2D eigenvalue weighted by atomic mass is 10.1. The van der Waals surface area contributed by atoms with Gasteiger partial charge >= 0.3 is 5.97 Å². The van der Waals surface area contributed by atoms with Crippen molar-refractivity contribution in [2.24, 2.45) is 0 Å². The number of nitrogens with zero attached hydrogens (tertiary/aromatic N) is 2. The minimum absolute atomic E-state index is 0.315. The highest BCUT2D eigenvalue weighted by Gasteiger charge is 2.29. The number of pyridine rings is 1. The van der Waals surface area contributed by atoms with E-state index in [4.69, 9.17) is 4.74 Å². The van der Waals surface area contributed by atoms with Gasteiger partial charge in [0.1, 0.15) is 17.6 Å². The Morgan fingerprint density at radius 3 is 3.05 bits per heavy atom. The molecule has 0 N–H and O–H groups in total. The molecule has 1 saturated heterocycles. The highest BCUT2D eigenvalue weighted by molar-refractivity contribution is 5.95. The van der Waals surface area contributed by atoms with Crippen molar-refractivity contribution in [2.45, 2.75) is 31.9 Å². The molecule has 1 fully saturated rings. The Bertz CT molecular complexity index is 518. The van der Waals surface area contributed by atoms with E-state index < -0.39 is 6.17 Å². The number of rotatable bonds is 2. The number of halogens is 1. The second kappa shape index (κ2) is 4.79. The zero-order chi connectivity index (χ0) is 13.4. The molecule has 0 amide bonds. The van der Waals surface area contributed by atoms with E-state index in [1.165, 1.54) is 7.11 Å². The number of hydrogen-bond donors (Lipinski definition) is 0. The van der Waals surface area contributed by atoms with E-state index in [0.29, 0.717) is 30.9 Å². The van der Waals surface area contributed by atoms with Crippen molar-refractivity contribution in [3.63, 3.8) is 0 Å². The van der Waals surface area contributed by atoms with E-state index in [1.807, 2.05) is 11.0 Å². The summed E-state index contributed by atoms with van der Waals surface area (Å²) in [5, 5.41) is 0. The first kappa shape index (κ1) is 12.4. The molecule has 0 radical (unpaired) electrons. The number of aryl methyl sites for hydroxylation is 2. The number of aromatic nitrogens is 1. The molecule has 102 valence electrons. The molecule has 2 heterocycles. The lowest BCUT2D eigenvalue weighted by Crippen LogP contribution is -2.24. The summed E-state index contributed by atoms with van der Waals surface area (Å²) in [6.07, 6.45) is 2.63. The van der Waals surface area contributed by atoms with Gasteiger partial charge < -0.3 is 9.64 Å². The topological polar surface area (TPSA) is 42.4 Å². The first-order chi connectivity index (χ1) is 9.19. The third-order valence-corrected chi connectivity index (χ3v) is 3.87. The Morgan fingerprint density at radius 1 is 1.53 bits per heavy atom. The third-order valence-electron chi connectivity index (χ3n) is 3.87. The Morgan fingerprint density at radius 2 is 2.37 bits per heavy atom. The fourth-order valence-electron chi connectivity index (χ4n) is 2.87. The highest BCUT2D eigenvalue weighted by atomic mass is 19.1. The lowest BCUT2D eigenvalue weighted by molar-refractivity contribution is 0.0601. The monoisotopic (exact) mass is 264 g/mol. The van der Waals surface area contributed by atoms with E-state index in [9.17, 15) is 9.18 Å². The van der Waals surface area contributed by atoms with Crippen molar-refractivity contribution in [3.8, 4) is 0 Å². The van der Waals surface area contributed by atoms with Crippen LogP contribution in [0, 0.1) is 0 Å². The van der Waals surface area contributed by atoms with Gasteiger partial charge in [0.15, 0.2) is 0 Å². The summed E-state index contributed by atoms with van der Waals surface area (Å²) in [5.41, 5.74) is 2.64. The number of methoxy groups -OCH3 is 1. The van der Waals surface area contributed by atoms with Gasteiger partial charge in [0.05, 0.1) is 13.7 Å². The number of anilines is 1. The van der Waals surface area contributed by atoms with Crippen LogP contribution in [0.15, 0.2) is 6.07 Å². The van der Waals surface area contributed by atoms with Gasteiger partial charge in [-0.3, -0.25) is 0 Å². The van der Waals surface area contributed by atoms with E-state index in [0.717, 1.165) is 30.5 Å². The van der Waals surface area contributed by atoms with Crippen LogP contribution in [0.2, 0.25) is 0 Å². The number of esters is 1. The molecule has 1 aromatic heterocycles. The smallest absolute Gasteiger partial charge is 0.341 e. The van der Waals surface area contributed by atoms with Gasteiger partial charge in [-0.1, -0.05) is 0 Å². The van der Waals surface area contributed by atoms with Crippen molar-refractivity contribution in [3.05, 3.63) is 22.9 Å². The molecule has 0 unspecified atom stereocenters. The van der Waals surface area contributed by atoms with Gasteiger partial charge in [-0.2, -0.15) is 0 Å². The summed E-state index contributed by atoms with van der Waals surface area (Å²) < 4.78 is 18.2. The van der Waals surface area contributed by atoms with Crippen LogP contribution < -0.4 is 4.90 Å². The Hall–Kier alpha value is -1.65. The normalized spacial score (nSPS) is 21.6. The number of carbonyl (C=O) groups is 1. The van der Waals surface area contributed by atoms with E-state index in [1.54, 1.807) is 0 Å². The summed E-state index contributed by atoms with van der Waals surface area (Å²) >= 11 is 0. The van der Waals surface area contributed by atoms with Crippen molar-refractivity contribution < 1.29 is 13.9 Å². The van der Waals surface area contributed by atoms with Crippen molar-refractivity contribution in [2.75, 3.05) is 25.1 Å². The minimum Gasteiger partial charge on any atom is -0.465 e. The summed E-state index contributed by atoms with van der Waals surface area (Å²) in [6.45, 7) is 0.923. The number of ether oxygens (including phenoxy) is 1. The van der Waals surface area contributed by atoms with Gasteiger partial charge in [0.2, 0.25) is 0 Å². The van der Waals surface area contributed by atoms with Gasteiger partial charge in [-0.25, -0.2) is 14.2 Å². The van der Waals surface area contributed by atoms with Gasteiger partial charge in [-0.05, 0) is 37.3 Å². The largest absolute Gasteiger partial charge is 0.465 e. The van der Waals surface area contributed by atoms with Crippen molar-refractivity contribution in [1.29, 1.82) is 0 Å². The van der Waals surface area contributed by atoms with Gasteiger partial charge in [0.25, 0.3) is 0 Å². The number of fused-ring (bicyclic) bond motifs is 1. The number of hydrogen-bond acceptors (Lipinski definition) is 4. The van der Waals surface area contributed by atoms with E-state index in [-0.39, 0.29) is 5.97 Å². The molecule has 3 rings (SSSR count). The first-order valence-corrected chi connectivity index (χ1v) is 6.69. The molecule has 1 atom stereocenters. The third kappa shape index (κ3) is 2.17. The average molecular weight is 264 g/mol. The zero-order valence-electron chi connectivity index (χ0n) is 11.0. The quantitative estimate of drug-likeness (QED) is 0.765. The maximum absolute atomic E-state index is 13.4. The maximum atomic E-state index is 13.4. The van der Waals surface area contributed by atoms with Gasteiger partial charge in [0, 0.05) is 12.2 Å². The van der Waals surface area contributed by atoms with Crippen LogP contribution in [0.3, 0.4) is 0 Å². The maximum Gasteiger partial charge on any atom is 0.341 e. The van der Waals surface area contributed by atoms with Crippen LogP contribution in [0.25, 0.3) is 0 Å². The van der Waals surface area contributed by atoms with E-state index >= 15 is 0 Å². The molecular weight excluding hydrogens is 247 g/mol. The van der Waals surface area contributed by atoms with Crippen LogP contribution in [-0.4, -0.2) is 37.3 Å². The second-order valence-corrected chi connectivity index (χ2v) is 5.14. The predicted molar refractivity (Wildman–Crippen MR) is 69.3 cm³/mol. The van der Waals surface area contributed by atoms with Crippen LogP contribution in [0.1, 0.15) is 34.5 Å². The molecule has 2 aliphatic rings. The van der Waals surface area contributed by atoms with Crippen molar-refractivity contribution in [1.82, 2.24) is 4.98 Å². The molecule has 1 aliphatic heterocycles. The molecule has 0 saturated carbocycles. The molecule has 0 bridgehead atoms. The van der Waals surface area contributed by atoms with Crippen LogP contribution in [-0.2, 0) is 17.6 Å². The van der Waals surface area contributed by atoms with E-state index in [2.05, 4.69) is 4.98 Å². The fourth-order valence-corrected chi connectivity index (χ4v) is 2.87. The summed E-state index contributed by atoms with van der Waals surface area (Å²) in [5.74, 6) is 0.201. The van der Waals surface area contributed by atoms with Crippen LogP contribution in [0.5, 0.6) is 0 Å². The minimum atomic E-state index is -0.833. The van der Waals surface area contributed by atoms with Crippen molar-refractivity contribution >= 4 is 11.8 Å². The molecule has 0 spiro atoms. The average Bonchev–Trinajstić information content (AvgIpc) is 3.04. The Balaban J connectivity index is 2.03. The predicted octanol–water partition coefficient (Wildman–Crippen LogP) is 1.91. The van der Waals surface area contributed by atoms with Crippen LogP contribution >= 0.6 is 0 Å². The first-order valence-electron chi connectivity index (χ1n) is 6.69. The number of alkyl halides is 1. The number of carbonyl (C=O) groups excluding carboxylic acids is 1. The Kier molecular flexibility index (Phi) is 3.12.